The molecule has 11 heteroatoms. The molecule has 4 aromatic rings. The predicted octanol–water partition coefficient (Wildman–Crippen LogP) is 4.04. The van der Waals surface area contributed by atoms with Gasteiger partial charge in [0, 0.05) is 31.6 Å². The van der Waals surface area contributed by atoms with E-state index in [2.05, 4.69) is 34.2 Å². The average Bonchev–Trinajstić information content (AvgIpc) is 3.52. The summed E-state index contributed by atoms with van der Waals surface area (Å²) >= 11 is 0. The Morgan fingerprint density at radius 1 is 1.20 bits per heavy atom. The summed E-state index contributed by atoms with van der Waals surface area (Å²) in [7, 11) is 1.92. The van der Waals surface area contributed by atoms with Crippen molar-refractivity contribution in [1.82, 2.24) is 39.6 Å². The second kappa shape index (κ2) is 10.4. The van der Waals surface area contributed by atoms with E-state index in [1.54, 1.807) is 0 Å². The third kappa shape index (κ3) is 4.66. The van der Waals surface area contributed by atoms with Gasteiger partial charge in [-0.05, 0) is 65.7 Å². The molecule has 2 aliphatic rings. The largest absolute Gasteiger partial charge is 0.476 e. The van der Waals surface area contributed by atoms with Gasteiger partial charge in [-0.3, -0.25) is 19.7 Å². The number of hydrogen-bond donors (Lipinski definition) is 2. The Labute approximate surface area is 233 Å². The van der Waals surface area contributed by atoms with Crippen molar-refractivity contribution in [2.24, 2.45) is 7.05 Å². The van der Waals surface area contributed by atoms with Crippen molar-refractivity contribution < 1.29 is 14.6 Å². The highest BCUT2D eigenvalue weighted by atomic mass is 16.5. The number of pyridine rings is 1. The van der Waals surface area contributed by atoms with Gasteiger partial charge in [-0.15, -0.1) is 5.10 Å². The highest BCUT2D eigenvalue weighted by molar-refractivity contribution is 5.93. The maximum atomic E-state index is 10.1. The van der Waals surface area contributed by atoms with Crippen LogP contribution in [0.1, 0.15) is 68.0 Å². The Bertz CT molecular complexity index is 1580. The van der Waals surface area contributed by atoms with Gasteiger partial charge in [-0.25, -0.2) is 4.68 Å². The van der Waals surface area contributed by atoms with Gasteiger partial charge in [0.2, 0.25) is 11.8 Å². The topological polar surface area (TPSA) is 119 Å². The van der Waals surface area contributed by atoms with Crippen molar-refractivity contribution in [2.75, 3.05) is 19.8 Å². The van der Waals surface area contributed by atoms with E-state index in [0.717, 1.165) is 69.9 Å². The lowest BCUT2D eigenvalue weighted by Crippen LogP contribution is -2.36. The molecule has 2 atom stereocenters. The molecule has 0 spiro atoms. The first-order valence-electron chi connectivity index (χ1n) is 14.1. The minimum absolute atomic E-state index is 0.0187. The molecule has 1 saturated carbocycles. The van der Waals surface area contributed by atoms with E-state index in [9.17, 15) is 5.11 Å². The first kappa shape index (κ1) is 26.5. The second-order valence-corrected chi connectivity index (χ2v) is 11.0. The molecule has 0 unspecified atom stereocenters. The summed E-state index contributed by atoms with van der Waals surface area (Å²) in [5.41, 5.74) is 7.01. The molecule has 1 aliphatic heterocycles. The SMILES string of the molecule is CCOc1nn([C@@H](C)CO)c2c1/C=C/c1[nH]nc3c(C)nc(cc13)-c1c(C)nn(C)c1O[C@@H](C)CN(C1CC1)C2. The van der Waals surface area contributed by atoms with Crippen molar-refractivity contribution in [2.45, 2.75) is 72.2 Å². The number of fused-ring (bicyclic) bond motifs is 4. The molecule has 212 valence electrons. The highest BCUT2D eigenvalue weighted by Gasteiger charge is 2.33. The molecule has 0 saturated heterocycles. The van der Waals surface area contributed by atoms with Gasteiger partial charge < -0.3 is 14.6 Å². The third-order valence-corrected chi connectivity index (χ3v) is 7.79. The number of nitrogens with one attached hydrogen (secondary N) is 1. The van der Waals surface area contributed by atoms with E-state index < -0.39 is 0 Å². The van der Waals surface area contributed by atoms with E-state index in [-0.39, 0.29) is 18.8 Å². The Morgan fingerprint density at radius 3 is 2.73 bits per heavy atom. The number of aryl methyl sites for hydroxylation is 3. The van der Waals surface area contributed by atoms with E-state index in [1.165, 1.54) is 0 Å². The van der Waals surface area contributed by atoms with Gasteiger partial charge in [0.1, 0.15) is 11.6 Å². The summed E-state index contributed by atoms with van der Waals surface area (Å²) in [6, 6.07) is 2.34. The molecule has 11 nitrogen and oxygen atoms in total. The summed E-state index contributed by atoms with van der Waals surface area (Å²) in [5, 5.41) is 28.4. The van der Waals surface area contributed by atoms with Crippen molar-refractivity contribution in [3.05, 3.63) is 34.4 Å². The van der Waals surface area contributed by atoms with E-state index in [1.807, 2.05) is 50.2 Å². The summed E-state index contributed by atoms with van der Waals surface area (Å²) in [5.74, 6) is 1.27. The molecule has 4 aromatic heterocycles. The van der Waals surface area contributed by atoms with Crippen molar-refractivity contribution in [3.8, 4) is 23.0 Å². The number of ether oxygens (including phenoxy) is 2. The van der Waals surface area contributed by atoms with Gasteiger partial charge >= 0.3 is 0 Å². The fourth-order valence-corrected chi connectivity index (χ4v) is 5.68. The van der Waals surface area contributed by atoms with Gasteiger partial charge in [0.15, 0.2) is 0 Å². The van der Waals surface area contributed by atoms with Crippen LogP contribution in [0.2, 0.25) is 0 Å². The van der Waals surface area contributed by atoms with Crippen molar-refractivity contribution in [3.63, 3.8) is 0 Å². The maximum Gasteiger partial charge on any atom is 0.240 e. The molecule has 1 fully saturated rings. The monoisotopic (exact) mass is 546 g/mol. The lowest BCUT2D eigenvalue weighted by atomic mass is 10.1. The fourth-order valence-electron chi connectivity index (χ4n) is 5.68. The fraction of sp³-hybridized carbons (Fsp3) is 0.517. The molecular weight excluding hydrogens is 508 g/mol. The van der Waals surface area contributed by atoms with Crippen molar-refractivity contribution >= 4 is 23.1 Å². The standard InChI is InChI=1S/C29H38N8O3/c1-7-39-28-21-10-11-23-22-12-24(30-19(5)27(22)32-31-23)26-18(4)33-35(6)29(26)40-17(3)13-36(20-8-9-20)14-25(21)37(34-28)16(2)15-38/h10-12,16-17,20,38H,7-9,13-15H2,1-6H3,(H,31,32)/b11-10+/t16-,17-/m0/s1. The van der Waals surface area contributed by atoms with Crippen LogP contribution in [0.5, 0.6) is 11.8 Å². The minimum Gasteiger partial charge on any atom is -0.476 e. The third-order valence-electron chi connectivity index (χ3n) is 7.79. The van der Waals surface area contributed by atoms with E-state index in [4.69, 9.17) is 24.7 Å². The molecule has 1 aliphatic carbocycles. The maximum absolute atomic E-state index is 10.1. The Morgan fingerprint density at radius 2 is 2.00 bits per heavy atom. The summed E-state index contributed by atoms with van der Waals surface area (Å²) in [6.45, 7) is 11.9. The summed E-state index contributed by atoms with van der Waals surface area (Å²) < 4.78 is 16.4. The molecule has 0 amide bonds. The number of rotatable bonds is 5. The number of aliphatic hydroxyl groups is 1. The lowest BCUT2D eigenvalue weighted by molar-refractivity contribution is 0.124. The quantitative estimate of drug-likeness (QED) is 0.385. The Kier molecular flexibility index (Phi) is 6.87. The zero-order valence-corrected chi connectivity index (χ0v) is 24.1. The number of H-pyrrole nitrogens is 1. The zero-order valence-electron chi connectivity index (χ0n) is 24.1. The molecule has 2 bridgehead atoms. The summed E-state index contributed by atoms with van der Waals surface area (Å²) in [4.78, 5) is 7.39. The van der Waals surface area contributed by atoms with E-state index in [0.29, 0.717) is 31.0 Å². The van der Waals surface area contributed by atoms with Crippen LogP contribution in [-0.4, -0.2) is 76.7 Å². The smallest absolute Gasteiger partial charge is 0.240 e. The van der Waals surface area contributed by atoms with Crippen LogP contribution in [0.15, 0.2) is 6.07 Å². The average molecular weight is 547 g/mol. The first-order chi connectivity index (χ1) is 19.3. The number of nitrogens with zero attached hydrogens (tertiary/aromatic N) is 7. The van der Waals surface area contributed by atoms with Crippen LogP contribution in [0.25, 0.3) is 34.3 Å². The van der Waals surface area contributed by atoms with Crippen molar-refractivity contribution in [1.29, 1.82) is 0 Å². The Hall–Kier alpha value is -3.70. The molecule has 0 radical (unpaired) electrons. The van der Waals surface area contributed by atoms with Crippen LogP contribution < -0.4 is 9.47 Å². The van der Waals surface area contributed by atoms with E-state index >= 15 is 0 Å². The van der Waals surface area contributed by atoms with Gasteiger partial charge in [-0.1, -0.05) is 0 Å². The highest BCUT2D eigenvalue weighted by Crippen LogP contribution is 2.37. The van der Waals surface area contributed by atoms with Crippen LogP contribution in [0, 0.1) is 13.8 Å². The first-order valence-corrected chi connectivity index (χ1v) is 14.1. The number of aliphatic hydroxyl groups excluding tert-OH is 1. The predicted molar refractivity (Wildman–Crippen MR) is 153 cm³/mol. The van der Waals surface area contributed by atoms with Crippen LogP contribution in [0.4, 0.5) is 0 Å². The number of aromatic amines is 1. The van der Waals surface area contributed by atoms with Crippen LogP contribution in [-0.2, 0) is 13.6 Å². The molecule has 0 aromatic carbocycles. The Balaban J connectivity index is 1.58. The van der Waals surface area contributed by atoms with Crippen LogP contribution >= 0.6 is 0 Å². The molecule has 6 rings (SSSR count). The summed E-state index contributed by atoms with van der Waals surface area (Å²) in [6.07, 6.45) is 6.29. The molecular formula is C29H38N8O3. The number of aromatic nitrogens is 7. The van der Waals surface area contributed by atoms with Gasteiger partial charge in [-0.2, -0.15) is 10.2 Å². The minimum atomic E-state index is -0.197. The second-order valence-electron chi connectivity index (χ2n) is 11.0. The molecule has 2 N–H and O–H groups in total. The van der Waals surface area contributed by atoms with Gasteiger partial charge in [0.05, 0.1) is 58.9 Å². The normalized spacial score (nSPS) is 19.5. The lowest BCUT2D eigenvalue weighted by Gasteiger charge is -2.27. The van der Waals surface area contributed by atoms with Gasteiger partial charge in [0.25, 0.3) is 0 Å². The molecule has 5 heterocycles. The molecule has 40 heavy (non-hydrogen) atoms. The zero-order chi connectivity index (χ0) is 28.1. The van der Waals surface area contributed by atoms with Crippen LogP contribution in [0.3, 0.4) is 0 Å². The number of hydrogen-bond acceptors (Lipinski definition) is 8.